The minimum atomic E-state index is -0.709. The van der Waals surface area contributed by atoms with E-state index in [0.29, 0.717) is 22.2 Å². The highest BCUT2D eigenvalue weighted by Crippen LogP contribution is 2.31. The van der Waals surface area contributed by atoms with Gasteiger partial charge in [-0.2, -0.15) is 0 Å². The first kappa shape index (κ1) is 32.7. The lowest BCUT2D eigenvalue weighted by Crippen LogP contribution is -2.27. The quantitative estimate of drug-likeness (QED) is 0.102. The second-order valence-corrected chi connectivity index (χ2v) is 12.7. The molecule has 0 saturated carbocycles. The molecule has 1 atom stereocenters. The van der Waals surface area contributed by atoms with Gasteiger partial charge in [0.2, 0.25) is 5.91 Å². The molecule has 5 rings (SSSR count). The number of hydrogen-bond acceptors (Lipinski definition) is 7. The van der Waals surface area contributed by atoms with Crippen molar-refractivity contribution in [1.82, 2.24) is 0 Å². The number of esters is 2. The number of ether oxygens (including phenoxy) is 3. The lowest BCUT2D eigenvalue weighted by molar-refractivity contribution is -0.147. The van der Waals surface area contributed by atoms with Crippen molar-refractivity contribution in [1.29, 1.82) is 0 Å². The predicted octanol–water partition coefficient (Wildman–Crippen LogP) is 8.08. The third-order valence-electron chi connectivity index (χ3n) is 7.45. The fraction of sp³-hybridized carbons (Fsp3) is 0.222. The number of amides is 1. The Kier molecular flexibility index (Phi) is 9.79. The fourth-order valence-electron chi connectivity index (χ4n) is 4.83. The average molecular weight is 661 g/mol. The number of halogens is 2. The van der Waals surface area contributed by atoms with Crippen LogP contribution in [0.4, 0.5) is 5.69 Å². The molecule has 4 aromatic carbocycles. The second kappa shape index (κ2) is 13.8. The molecular weight excluding hydrogens is 629 g/mol. The summed E-state index contributed by atoms with van der Waals surface area (Å²) in [5.41, 5.74) is 2.28. The number of hydrogen-bond donors (Lipinski definition) is 0. The van der Waals surface area contributed by atoms with Crippen molar-refractivity contribution in [3.8, 4) is 17.2 Å². The van der Waals surface area contributed by atoms with Gasteiger partial charge in [0.05, 0.1) is 16.5 Å². The molecule has 0 unspecified atom stereocenters. The molecule has 0 radical (unpaired) electrons. The number of ketones is 1. The van der Waals surface area contributed by atoms with E-state index in [9.17, 15) is 19.2 Å². The lowest BCUT2D eigenvalue weighted by Gasteiger charge is -2.19. The molecular formula is C36H31Cl2NO7. The van der Waals surface area contributed by atoms with Gasteiger partial charge < -0.3 is 19.1 Å². The Morgan fingerprint density at radius 1 is 0.826 bits per heavy atom. The number of carbonyl (C=O) groups excluding carboxylic acids is 4. The molecule has 0 bridgehead atoms. The van der Waals surface area contributed by atoms with E-state index < -0.39 is 30.2 Å². The van der Waals surface area contributed by atoms with Crippen molar-refractivity contribution in [2.24, 2.45) is 5.92 Å². The molecule has 1 aliphatic heterocycles. The van der Waals surface area contributed by atoms with Crippen LogP contribution < -0.4 is 14.4 Å². The highest BCUT2D eigenvalue weighted by Gasteiger charge is 2.36. The van der Waals surface area contributed by atoms with Gasteiger partial charge in [0.1, 0.15) is 17.2 Å². The van der Waals surface area contributed by atoms with E-state index in [1.807, 2.05) is 24.3 Å². The van der Waals surface area contributed by atoms with Crippen LogP contribution in [0.2, 0.25) is 10.0 Å². The molecule has 236 valence electrons. The summed E-state index contributed by atoms with van der Waals surface area (Å²) in [6.45, 7) is 6.09. The van der Waals surface area contributed by atoms with E-state index in [0.717, 1.165) is 0 Å². The maximum absolute atomic E-state index is 12.8. The Labute approximate surface area is 276 Å². The van der Waals surface area contributed by atoms with Crippen LogP contribution in [-0.2, 0) is 19.7 Å². The van der Waals surface area contributed by atoms with E-state index >= 15 is 0 Å². The van der Waals surface area contributed by atoms with Gasteiger partial charge in [0.25, 0.3) is 0 Å². The lowest BCUT2D eigenvalue weighted by atomic mass is 9.87. The first-order chi connectivity index (χ1) is 21.9. The van der Waals surface area contributed by atoms with Crippen LogP contribution in [0.1, 0.15) is 53.5 Å². The highest BCUT2D eigenvalue weighted by atomic mass is 35.5. The van der Waals surface area contributed by atoms with Crippen molar-refractivity contribution in [3.63, 3.8) is 0 Å². The van der Waals surface area contributed by atoms with Gasteiger partial charge in [-0.15, -0.1) is 0 Å². The molecule has 0 aromatic heterocycles. The van der Waals surface area contributed by atoms with Gasteiger partial charge in [0.15, 0.2) is 12.4 Å². The maximum atomic E-state index is 12.8. The number of Topliss-reactive ketones (excluding diaryl/α,β-unsaturated/α-hetero) is 1. The average Bonchev–Trinajstić information content (AvgIpc) is 3.41. The van der Waals surface area contributed by atoms with Gasteiger partial charge >= 0.3 is 11.9 Å². The number of rotatable bonds is 9. The molecule has 0 aliphatic carbocycles. The molecule has 46 heavy (non-hydrogen) atoms. The zero-order chi connectivity index (χ0) is 33.0. The molecule has 4 aromatic rings. The van der Waals surface area contributed by atoms with E-state index in [1.54, 1.807) is 24.3 Å². The molecule has 1 aliphatic rings. The third kappa shape index (κ3) is 7.94. The van der Waals surface area contributed by atoms with Crippen molar-refractivity contribution in [2.45, 2.75) is 32.6 Å². The summed E-state index contributed by atoms with van der Waals surface area (Å²) in [7, 11) is 0. The molecule has 1 fully saturated rings. The smallest absolute Gasteiger partial charge is 0.345 e. The van der Waals surface area contributed by atoms with Crippen LogP contribution in [0.5, 0.6) is 17.2 Å². The first-order valence-corrected chi connectivity index (χ1v) is 15.3. The molecule has 1 heterocycles. The Bertz CT molecular complexity index is 1760. The normalized spacial score (nSPS) is 14.6. The van der Waals surface area contributed by atoms with Gasteiger partial charge in [-0.25, -0.2) is 4.79 Å². The monoisotopic (exact) mass is 659 g/mol. The topological polar surface area (TPSA) is 99.2 Å². The Morgan fingerprint density at radius 3 is 2.04 bits per heavy atom. The largest absolute Gasteiger partial charge is 0.457 e. The molecule has 0 spiro atoms. The third-order valence-corrected chi connectivity index (χ3v) is 7.99. The van der Waals surface area contributed by atoms with Crippen LogP contribution in [-0.4, -0.2) is 36.8 Å². The van der Waals surface area contributed by atoms with Crippen LogP contribution in [0.25, 0.3) is 0 Å². The van der Waals surface area contributed by atoms with Crippen molar-refractivity contribution in [2.75, 3.05) is 18.1 Å². The van der Waals surface area contributed by atoms with E-state index in [-0.39, 0.29) is 46.2 Å². The summed E-state index contributed by atoms with van der Waals surface area (Å²) in [4.78, 5) is 52.1. The van der Waals surface area contributed by atoms with Crippen LogP contribution in [0, 0.1) is 5.92 Å². The summed E-state index contributed by atoms with van der Waals surface area (Å²) in [5.74, 6) is -1.17. The molecule has 1 amide bonds. The standard InChI is InChI=1S/C36H31Cl2NO7/c1-36(2,3)24-6-13-27(14-7-24)45-28-15-9-26(10-16-28)39-20-23(18-33(39)41)34(42)44-21-32(40)22-4-11-29(12-5-22)46-35(43)30-17-8-25(37)19-31(30)38/h4-17,19,23H,18,20-21H2,1-3H3/t23-/m0/s1. The highest BCUT2D eigenvalue weighted by molar-refractivity contribution is 6.36. The Morgan fingerprint density at radius 2 is 1.43 bits per heavy atom. The zero-order valence-electron chi connectivity index (χ0n) is 25.4. The molecule has 1 saturated heterocycles. The SMILES string of the molecule is CC(C)(C)c1ccc(Oc2ccc(N3C[C@@H](C(=O)OCC(=O)c4ccc(OC(=O)c5ccc(Cl)cc5Cl)cc4)CC3=O)cc2)cc1. The number of nitrogens with zero attached hydrogens (tertiary/aromatic N) is 1. The minimum Gasteiger partial charge on any atom is -0.457 e. The molecule has 8 nitrogen and oxygen atoms in total. The number of anilines is 1. The van der Waals surface area contributed by atoms with Gasteiger partial charge in [-0.3, -0.25) is 14.4 Å². The minimum absolute atomic E-state index is 0.0247. The summed E-state index contributed by atoms with van der Waals surface area (Å²) in [6.07, 6.45) is -0.0247. The van der Waals surface area contributed by atoms with E-state index in [4.69, 9.17) is 37.4 Å². The predicted molar refractivity (Wildman–Crippen MR) is 175 cm³/mol. The van der Waals surface area contributed by atoms with E-state index in [1.165, 1.54) is 52.9 Å². The van der Waals surface area contributed by atoms with Crippen molar-refractivity contribution < 1.29 is 33.4 Å². The van der Waals surface area contributed by atoms with Gasteiger partial charge in [-0.05, 0) is 89.8 Å². The van der Waals surface area contributed by atoms with Gasteiger partial charge in [-0.1, -0.05) is 56.1 Å². The van der Waals surface area contributed by atoms with E-state index in [2.05, 4.69) is 20.8 Å². The van der Waals surface area contributed by atoms with Crippen LogP contribution in [0.15, 0.2) is 91.0 Å². The summed E-state index contributed by atoms with van der Waals surface area (Å²) in [6, 6.07) is 25.2. The first-order valence-electron chi connectivity index (χ1n) is 14.5. The molecule has 0 N–H and O–H groups in total. The fourth-order valence-corrected chi connectivity index (χ4v) is 5.32. The zero-order valence-corrected chi connectivity index (χ0v) is 26.9. The summed E-state index contributed by atoms with van der Waals surface area (Å²) >= 11 is 11.9. The second-order valence-electron chi connectivity index (χ2n) is 11.8. The van der Waals surface area contributed by atoms with Crippen molar-refractivity contribution in [3.05, 3.63) is 118 Å². The van der Waals surface area contributed by atoms with Crippen LogP contribution in [0.3, 0.4) is 0 Å². The Balaban J connectivity index is 1.10. The van der Waals surface area contributed by atoms with Gasteiger partial charge in [0, 0.05) is 29.2 Å². The Hall–Kier alpha value is -4.66. The maximum Gasteiger partial charge on any atom is 0.345 e. The summed E-state index contributed by atoms with van der Waals surface area (Å²) in [5, 5.41) is 0.538. The van der Waals surface area contributed by atoms with Crippen molar-refractivity contribution >= 4 is 52.5 Å². The molecule has 10 heteroatoms. The van der Waals surface area contributed by atoms with Crippen LogP contribution >= 0.6 is 23.2 Å². The summed E-state index contributed by atoms with van der Waals surface area (Å²) < 4.78 is 16.5. The number of benzene rings is 4. The number of carbonyl (C=O) groups is 4.